The molecule has 0 saturated carbocycles. The van der Waals surface area contributed by atoms with Gasteiger partial charge >= 0.3 is 0 Å². The van der Waals surface area contributed by atoms with Crippen molar-refractivity contribution in [1.29, 1.82) is 0 Å². The molecule has 0 aliphatic heterocycles. The maximum absolute atomic E-state index is 11.7. The Morgan fingerprint density at radius 3 is 2.74 bits per heavy atom. The van der Waals surface area contributed by atoms with E-state index < -0.39 is 0 Å². The van der Waals surface area contributed by atoms with Crippen LogP contribution in [0.2, 0.25) is 0 Å². The van der Waals surface area contributed by atoms with Crippen LogP contribution < -0.4 is 11.3 Å². The highest BCUT2D eigenvalue weighted by atomic mass is 79.9. The van der Waals surface area contributed by atoms with E-state index in [4.69, 9.17) is 5.73 Å². The number of aromatic nitrogens is 4. The number of aryl methyl sites for hydroxylation is 1. The first-order valence-corrected chi connectivity index (χ1v) is 7.34. The predicted molar refractivity (Wildman–Crippen MR) is 79.0 cm³/mol. The number of H-pyrrole nitrogens is 1. The lowest BCUT2D eigenvalue weighted by molar-refractivity contribution is 0.568. The summed E-state index contributed by atoms with van der Waals surface area (Å²) in [6, 6.07) is 0. The third kappa shape index (κ3) is 3.15. The molecule has 0 amide bonds. The zero-order chi connectivity index (χ0) is 13.8. The van der Waals surface area contributed by atoms with E-state index in [9.17, 15) is 4.79 Å². The van der Waals surface area contributed by atoms with Gasteiger partial charge in [0.05, 0.1) is 0 Å². The predicted octanol–water partition coefficient (Wildman–Crippen LogP) is 2.43. The maximum atomic E-state index is 11.7. The molecule has 104 valence electrons. The molecule has 2 aromatic heterocycles. The maximum Gasteiger partial charge on any atom is 0.280 e. The number of aromatic amines is 1. The fourth-order valence-electron chi connectivity index (χ4n) is 2.07. The van der Waals surface area contributed by atoms with Crippen molar-refractivity contribution in [3.63, 3.8) is 0 Å². The molecular weight excluding hydrogens is 310 g/mol. The van der Waals surface area contributed by atoms with E-state index in [1.165, 1.54) is 25.7 Å². The first-order valence-electron chi connectivity index (χ1n) is 6.55. The molecule has 0 aliphatic rings. The Hall–Kier alpha value is -1.37. The molecule has 0 aliphatic carbocycles. The molecule has 0 aromatic carbocycles. The lowest BCUT2D eigenvalue weighted by Crippen LogP contribution is -2.12. The summed E-state index contributed by atoms with van der Waals surface area (Å²) in [6.07, 6.45) is 5.93. The fourth-order valence-corrected chi connectivity index (χ4v) is 2.60. The van der Waals surface area contributed by atoms with Crippen molar-refractivity contribution in [3.05, 3.63) is 15.1 Å². The first kappa shape index (κ1) is 14.0. The molecule has 2 heterocycles. The van der Waals surface area contributed by atoms with Gasteiger partial charge in [-0.1, -0.05) is 32.6 Å². The van der Waals surface area contributed by atoms with Gasteiger partial charge in [0.15, 0.2) is 15.9 Å². The number of nitrogen functional groups attached to an aromatic ring is 1. The van der Waals surface area contributed by atoms with Crippen molar-refractivity contribution in [3.8, 4) is 0 Å². The Balaban J connectivity index is 2.18. The molecule has 19 heavy (non-hydrogen) atoms. The van der Waals surface area contributed by atoms with Crippen LogP contribution in [0.25, 0.3) is 11.2 Å². The van der Waals surface area contributed by atoms with Crippen molar-refractivity contribution in [1.82, 2.24) is 19.5 Å². The number of halogens is 1. The molecule has 0 fully saturated rings. The van der Waals surface area contributed by atoms with Crippen molar-refractivity contribution in [2.24, 2.45) is 0 Å². The Labute approximate surface area is 119 Å². The van der Waals surface area contributed by atoms with Crippen LogP contribution in [0.4, 0.5) is 5.95 Å². The van der Waals surface area contributed by atoms with Gasteiger partial charge in [-0.05, 0) is 22.4 Å². The van der Waals surface area contributed by atoms with Crippen LogP contribution >= 0.6 is 15.9 Å². The minimum Gasteiger partial charge on any atom is -0.369 e. The largest absolute Gasteiger partial charge is 0.369 e. The lowest BCUT2D eigenvalue weighted by atomic mass is 10.1. The van der Waals surface area contributed by atoms with E-state index in [0.29, 0.717) is 15.9 Å². The summed E-state index contributed by atoms with van der Waals surface area (Å²) in [7, 11) is 0. The van der Waals surface area contributed by atoms with Crippen LogP contribution in [0.15, 0.2) is 9.53 Å². The van der Waals surface area contributed by atoms with Gasteiger partial charge in [-0.25, -0.2) is 4.98 Å². The molecule has 2 rings (SSSR count). The highest BCUT2D eigenvalue weighted by Crippen LogP contribution is 2.17. The molecule has 0 unspecified atom stereocenters. The highest BCUT2D eigenvalue weighted by molar-refractivity contribution is 9.10. The van der Waals surface area contributed by atoms with E-state index in [2.05, 4.69) is 37.8 Å². The van der Waals surface area contributed by atoms with Gasteiger partial charge in [0, 0.05) is 6.54 Å². The lowest BCUT2D eigenvalue weighted by Gasteiger charge is -2.05. The van der Waals surface area contributed by atoms with Gasteiger partial charge < -0.3 is 10.3 Å². The Morgan fingerprint density at radius 1 is 1.26 bits per heavy atom. The molecule has 0 radical (unpaired) electrons. The van der Waals surface area contributed by atoms with Crippen LogP contribution in [0, 0.1) is 0 Å². The first-order chi connectivity index (χ1) is 9.13. The number of unbranched alkanes of at least 4 members (excludes halogenated alkanes) is 4. The van der Waals surface area contributed by atoms with Gasteiger partial charge in [-0.2, -0.15) is 4.98 Å². The topological polar surface area (TPSA) is 89.6 Å². The van der Waals surface area contributed by atoms with E-state index in [-0.39, 0.29) is 11.5 Å². The van der Waals surface area contributed by atoms with Crippen molar-refractivity contribution in [2.75, 3.05) is 5.73 Å². The van der Waals surface area contributed by atoms with Crippen molar-refractivity contribution < 1.29 is 0 Å². The number of fused-ring (bicyclic) bond motifs is 1. The number of anilines is 1. The highest BCUT2D eigenvalue weighted by Gasteiger charge is 2.13. The summed E-state index contributed by atoms with van der Waals surface area (Å²) in [4.78, 5) is 22.5. The third-order valence-corrected chi connectivity index (χ3v) is 3.67. The van der Waals surface area contributed by atoms with Gasteiger partial charge in [-0.3, -0.25) is 9.78 Å². The zero-order valence-corrected chi connectivity index (χ0v) is 12.5. The number of imidazole rings is 1. The number of nitrogens with one attached hydrogen (secondary N) is 1. The summed E-state index contributed by atoms with van der Waals surface area (Å²) in [5.41, 5.74) is 6.15. The molecule has 6 nitrogen and oxygen atoms in total. The van der Waals surface area contributed by atoms with Gasteiger partial charge in [0.1, 0.15) is 0 Å². The van der Waals surface area contributed by atoms with Crippen LogP contribution in [0.1, 0.15) is 39.0 Å². The summed E-state index contributed by atoms with van der Waals surface area (Å²) in [5, 5.41) is 0. The monoisotopic (exact) mass is 327 g/mol. The minimum atomic E-state index is -0.298. The van der Waals surface area contributed by atoms with Gasteiger partial charge in [0.2, 0.25) is 5.95 Å². The molecule has 0 bridgehead atoms. The van der Waals surface area contributed by atoms with Crippen LogP contribution in [-0.2, 0) is 6.54 Å². The fraction of sp³-hybridized carbons (Fsp3) is 0.583. The van der Waals surface area contributed by atoms with E-state index >= 15 is 0 Å². The Bertz CT molecular complexity index is 618. The number of rotatable bonds is 6. The Morgan fingerprint density at radius 2 is 2.00 bits per heavy atom. The van der Waals surface area contributed by atoms with E-state index in [1.807, 2.05) is 4.57 Å². The summed E-state index contributed by atoms with van der Waals surface area (Å²) in [5.74, 6) is 0.122. The van der Waals surface area contributed by atoms with E-state index in [1.54, 1.807) is 0 Å². The van der Waals surface area contributed by atoms with E-state index in [0.717, 1.165) is 13.0 Å². The molecule has 0 saturated heterocycles. The molecular formula is C12H18BrN5O. The quantitative estimate of drug-likeness (QED) is 0.629. The van der Waals surface area contributed by atoms with Gasteiger partial charge in [-0.15, -0.1) is 0 Å². The average Bonchev–Trinajstić information content (AvgIpc) is 2.67. The second kappa shape index (κ2) is 6.18. The summed E-state index contributed by atoms with van der Waals surface area (Å²) < 4.78 is 2.52. The number of hydrogen-bond donors (Lipinski definition) is 2. The smallest absolute Gasteiger partial charge is 0.280 e. The summed E-state index contributed by atoms with van der Waals surface area (Å²) >= 11 is 3.37. The van der Waals surface area contributed by atoms with Crippen molar-refractivity contribution >= 4 is 33.0 Å². The number of nitrogens with zero attached hydrogens (tertiary/aromatic N) is 3. The SMILES string of the molecule is CCCCCCCn1c(Br)nc2c(=O)[nH]c(N)nc21. The Kier molecular flexibility index (Phi) is 4.57. The second-order valence-corrected chi connectivity index (χ2v) is 5.28. The normalized spacial score (nSPS) is 11.3. The molecule has 7 heteroatoms. The molecule has 0 spiro atoms. The number of hydrogen-bond acceptors (Lipinski definition) is 4. The second-order valence-electron chi connectivity index (χ2n) is 4.57. The molecule has 2 aromatic rings. The molecule has 3 N–H and O–H groups in total. The number of nitrogens with two attached hydrogens (primary N) is 1. The zero-order valence-electron chi connectivity index (χ0n) is 10.9. The third-order valence-electron chi connectivity index (χ3n) is 3.06. The van der Waals surface area contributed by atoms with Gasteiger partial charge in [0.25, 0.3) is 5.56 Å². The van der Waals surface area contributed by atoms with Crippen molar-refractivity contribution in [2.45, 2.75) is 45.6 Å². The standard InChI is InChI=1S/C12H18BrN5O/c1-2-3-4-5-6-7-18-9-8(15-11(18)13)10(19)17-12(14)16-9/h2-7H2,1H3,(H3,14,16,17,19). The molecule has 0 atom stereocenters. The van der Waals surface area contributed by atoms with Crippen LogP contribution in [0.3, 0.4) is 0 Å². The minimum absolute atomic E-state index is 0.122. The summed E-state index contributed by atoms with van der Waals surface area (Å²) in [6.45, 7) is 2.98. The van der Waals surface area contributed by atoms with Crippen LogP contribution in [0.5, 0.6) is 0 Å². The van der Waals surface area contributed by atoms with Crippen LogP contribution in [-0.4, -0.2) is 19.5 Å². The average molecular weight is 328 g/mol.